The molecule has 8 nitrogen and oxygen atoms in total. The summed E-state index contributed by atoms with van der Waals surface area (Å²) >= 11 is 6.51. The average Bonchev–Trinajstić information content (AvgIpc) is 2.99. The number of likely N-dealkylation sites (N-methyl/N-ethyl adjacent to an activating group) is 1. The Morgan fingerprint density at radius 3 is 2.85 bits per heavy atom. The van der Waals surface area contributed by atoms with Gasteiger partial charge in [0.15, 0.2) is 5.78 Å². The summed E-state index contributed by atoms with van der Waals surface area (Å²) in [6.07, 6.45) is 3.86. The van der Waals surface area contributed by atoms with Crippen LogP contribution in [0.5, 0.6) is 11.5 Å². The van der Waals surface area contributed by atoms with Crippen molar-refractivity contribution in [1.29, 1.82) is 5.26 Å². The van der Waals surface area contributed by atoms with Crippen molar-refractivity contribution in [2.45, 2.75) is 20.0 Å². The SMILES string of the molecule is [2H]/C(=C\CN(C)C([2H])([2H])[2H])C(=O)Cc1cc2c(Nc3ccc(OCc4ccccn4)c(Cl)c3)c(C#N)cnc2cc1OC([2H])([2H])C. The minimum absolute atomic E-state index is 0.0290. The lowest BCUT2D eigenvalue weighted by Gasteiger charge is -2.16. The van der Waals surface area contributed by atoms with Crippen molar-refractivity contribution in [2.75, 3.05) is 32.4 Å². The number of carbonyl (C=O) groups excluding carboxylic acids is 1. The number of nitriles is 1. The van der Waals surface area contributed by atoms with E-state index in [-0.39, 0.29) is 36.4 Å². The summed E-state index contributed by atoms with van der Waals surface area (Å²) in [6.45, 7) is -3.24. The maximum Gasteiger partial charge on any atom is 0.159 e. The average molecular weight is 562 g/mol. The quantitative estimate of drug-likeness (QED) is 0.207. The van der Waals surface area contributed by atoms with Gasteiger partial charge in [-0.3, -0.25) is 14.8 Å². The molecule has 1 N–H and O–H groups in total. The predicted octanol–water partition coefficient (Wildman–Crippen LogP) is 6.11. The second kappa shape index (κ2) is 13.6. The fourth-order valence-electron chi connectivity index (χ4n) is 3.82. The van der Waals surface area contributed by atoms with Crippen molar-refractivity contribution < 1.29 is 22.5 Å². The topological polar surface area (TPSA) is 100 Å². The van der Waals surface area contributed by atoms with E-state index in [0.29, 0.717) is 33.0 Å². The molecule has 0 atom stereocenters. The first-order chi connectivity index (χ1) is 21.6. The summed E-state index contributed by atoms with van der Waals surface area (Å²) in [5.74, 6) is -0.188. The predicted molar refractivity (Wildman–Crippen MR) is 157 cm³/mol. The summed E-state index contributed by atoms with van der Waals surface area (Å²) in [4.78, 5) is 22.7. The normalized spacial score (nSPS) is 14.2. The molecule has 9 heteroatoms. The van der Waals surface area contributed by atoms with Crippen LogP contribution in [0.15, 0.2) is 73.1 Å². The molecule has 2 heterocycles. The number of benzene rings is 2. The number of hydrogen-bond acceptors (Lipinski definition) is 8. The van der Waals surface area contributed by atoms with Gasteiger partial charge in [-0.25, -0.2) is 0 Å². The lowest BCUT2D eigenvalue weighted by atomic mass is 10.0. The number of nitrogens with zero attached hydrogens (tertiary/aromatic N) is 4. The second-order valence-corrected chi connectivity index (χ2v) is 9.06. The van der Waals surface area contributed by atoms with Crippen molar-refractivity contribution in [3.63, 3.8) is 0 Å². The van der Waals surface area contributed by atoms with E-state index in [2.05, 4.69) is 21.4 Å². The minimum Gasteiger partial charge on any atom is -0.494 e. The van der Waals surface area contributed by atoms with E-state index in [9.17, 15) is 10.1 Å². The Morgan fingerprint density at radius 1 is 1.25 bits per heavy atom. The molecule has 2 aromatic carbocycles. The van der Waals surface area contributed by atoms with E-state index in [4.69, 9.17) is 29.3 Å². The molecular formula is C31H30ClN5O3. The molecule has 0 aliphatic rings. The van der Waals surface area contributed by atoms with Gasteiger partial charge in [-0.2, -0.15) is 5.26 Å². The van der Waals surface area contributed by atoms with Gasteiger partial charge >= 0.3 is 0 Å². The molecule has 0 bridgehead atoms. The molecule has 4 rings (SSSR count). The van der Waals surface area contributed by atoms with Crippen molar-refractivity contribution in [2.24, 2.45) is 0 Å². The fourth-order valence-corrected chi connectivity index (χ4v) is 4.06. The molecule has 0 fully saturated rings. The zero-order chi connectivity index (χ0) is 33.6. The number of nitrogens with one attached hydrogen (secondary N) is 1. The Labute approximate surface area is 247 Å². The number of aromatic nitrogens is 2. The highest BCUT2D eigenvalue weighted by atomic mass is 35.5. The highest BCUT2D eigenvalue weighted by Gasteiger charge is 2.16. The maximum absolute atomic E-state index is 13.1. The molecule has 0 saturated heterocycles. The van der Waals surface area contributed by atoms with Crippen LogP contribution in [0.1, 0.15) is 32.0 Å². The number of ether oxygens (including phenoxy) is 2. The molecule has 0 amide bonds. The Morgan fingerprint density at radius 2 is 2.12 bits per heavy atom. The summed E-state index contributed by atoms with van der Waals surface area (Å²) in [5.41, 5.74) is 2.38. The van der Waals surface area contributed by atoms with E-state index in [1.165, 1.54) is 32.3 Å². The van der Waals surface area contributed by atoms with E-state index in [1.54, 1.807) is 36.5 Å². The molecular weight excluding hydrogens is 526 g/mol. The van der Waals surface area contributed by atoms with Crippen LogP contribution >= 0.6 is 11.6 Å². The highest BCUT2D eigenvalue weighted by Crippen LogP contribution is 2.36. The summed E-state index contributed by atoms with van der Waals surface area (Å²) in [6, 6.07) is 15.2. The Balaban J connectivity index is 1.68. The molecule has 4 aromatic rings. The van der Waals surface area contributed by atoms with Crippen LogP contribution in [0.3, 0.4) is 0 Å². The molecule has 40 heavy (non-hydrogen) atoms. The van der Waals surface area contributed by atoms with Gasteiger partial charge in [0, 0.05) is 52.2 Å². The number of rotatable bonds is 12. The Hall–Kier alpha value is -4.45. The summed E-state index contributed by atoms with van der Waals surface area (Å²) in [5, 5.41) is 13.8. The van der Waals surface area contributed by atoms with Crippen molar-refractivity contribution in [3.8, 4) is 17.6 Å². The number of allylic oxidation sites excluding steroid dienone is 1. The van der Waals surface area contributed by atoms with E-state index >= 15 is 0 Å². The largest absolute Gasteiger partial charge is 0.494 e. The number of halogens is 1. The smallest absolute Gasteiger partial charge is 0.159 e. The molecule has 0 saturated carbocycles. The number of pyridine rings is 2. The summed E-state index contributed by atoms with van der Waals surface area (Å²) < 4.78 is 57.7. The van der Waals surface area contributed by atoms with Gasteiger partial charge in [0.25, 0.3) is 0 Å². The Bertz CT molecular complexity index is 1810. The minimum atomic E-state index is -2.39. The number of ketones is 1. The maximum atomic E-state index is 13.1. The van der Waals surface area contributed by atoms with Crippen LogP contribution in [-0.2, 0) is 17.8 Å². The van der Waals surface area contributed by atoms with Gasteiger partial charge in [-0.05, 0) is 63.4 Å². The number of anilines is 2. The molecule has 204 valence electrons. The van der Waals surface area contributed by atoms with Crippen LogP contribution in [0.4, 0.5) is 11.4 Å². The van der Waals surface area contributed by atoms with E-state index < -0.39 is 25.4 Å². The lowest BCUT2D eigenvalue weighted by molar-refractivity contribution is -0.114. The third-order valence-corrected chi connectivity index (χ3v) is 5.96. The van der Waals surface area contributed by atoms with E-state index in [1.807, 2.05) is 12.1 Å². The molecule has 0 radical (unpaired) electrons. The van der Waals surface area contributed by atoms with Crippen molar-refractivity contribution in [1.82, 2.24) is 14.9 Å². The zero-order valence-electron chi connectivity index (χ0n) is 27.9. The van der Waals surface area contributed by atoms with Gasteiger partial charge < -0.3 is 19.7 Å². The van der Waals surface area contributed by atoms with Crippen LogP contribution in [-0.4, -0.2) is 47.8 Å². The third-order valence-electron chi connectivity index (χ3n) is 5.66. The van der Waals surface area contributed by atoms with Crippen molar-refractivity contribution in [3.05, 3.63) is 94.9 Å². The highest BCUT2D eigenvalue weighted by molar-refractivity contribution is 6.32. The van der Waals surface area contributed by atoms with E-state index in [0.717, 1.165) is 10.6 Å². The first kappa shape index (κ1) is 21.4. The monoisotopic (exact) mass is 561 g/mol. The van der Waals surface area contributed by atoms with Crippen LogP contribution < -0.4 is 14.8 Å². The second-order valence-electron chi connectivity index (χ2n) is 8.65. The fraction of sp³-hybridized carbons (Fsp3) is 0.226. The van der Waals surface area contributed by atoms with Gasteiger partial charge in [0.05, 0.1) is 38.2 Å². The van der Waals surface area contributed by atoms with Gasteiger partial charge in [-0.1, -0.05) is 23.7 Å². The first-order valence-electron chi connectivity index (χ1n) is 15.2. The molecule has 0 aliphatic heterocycles. The van der Waals surface area contributed by atoms with Crippen LogP contribution in [0.2, 0.25) is 5.02 Å². The van der Waals surface area contributed by atoms with Crippen molar-refractivity contribution >= 4 is 39.7 Å². The number of fused-ring (bicyclic) bond motifs is 1. The lowest BCUT2D eigenvalue weighted by Crippen LogP contribution is -2.11. The third kappa shape index (κ3) is 7.35. The van der Waals surface area contributed by atoms with Crippen LogP contribution in [0, 0.1) is 11.3 Å². The zero-order valence-corrected chi connectivity index (χ0v) is 22.6. The number of carbonyl (C=O) groups is 1. The standard InChI is InChI=1S/C31H30ClN5O3/c1-4-39-30-17-28-26(15-21(30)14-25(38)9-7-13-37(2)3)31(22(18-33)19-35-28)36-23-10-11-29(27(32)16-23)40-20-24-8-5-6-12-34-24/h5-12,15-17,19H,4,13-14,20H2,1-3H3,(H,35,36)/b9-7+/i2D3,4D2,9D. The number of hydrogen-bond donors (Lipinski definition) is 1. The first-order valence-corrected chi connectivity index (χ1v) is 12.6. The van der Waals surface area contributed by atoms with Gasteiger partial charge in [0.1, 0.15) is 24.2 Å². The molecule has 0 spiro atoms. The molecule has 2 aromatic heterocycles. The van der Waals surface area contributed by atoms with Gasteiger partial charge in [0.2, 0.25) is 0 Å². The summed E-state index contributed by atoms with van der Waals surface area (Å²) in [7, 11) is 1.35. The van der Waals surface area contributed by atoms with Crippen LogP contribution in [0.25, 0.3) is 10.9 Å². The Kier molecular flexibility index (Phi) is 7.25. The molecule has 0 aliphatic carbocycles. The molecule has 0 unspecified atom stereocenters. The van der Waals surface area contributed by atoms with Gasteiger partial charge in [-0.15, -0.1) is 0 Å².